The second-order valence-electron chi connectivity index (χ2n) is 6.19. The third-order valence-corrected chi connectivity index (χ3v) is 4.13. The lowest BCUT2D eigenvalue weighted by Crippen LogP contribution is -2.05. The Labute approximate surface area is 170 Å². The molecule has 0 bridgehead atoms. The second kappa shape index (κ2) is 8.57. The lowest BCUT2D eigenvalue weighted by Gasteiger charge is -2.07. The van der Waals surface area contributed by atoms with Gasteiger partial charge in [-0.05, 0) is 48.5 Å². The van der Waals surface area contributed by atoms with Gasteiger partial charge in [0.1, 0.15) is 17.2 Å². The summed E-state index contributed by atoms with van der Waals surface area (Å²) in [5.41, 5.74) is 0.852. The van der Waals surface area contributed by atoms with Crippen LogP contribution in [-0.4, -0.2) is 18.5 Å². The Bertz CT molecular complexity index is 1110. The summed E-state index contributed by atoms with van der Waals surface area (Å²) in [4.78, 5) is 16.4. The van der Waals surface area contributed by atoms with Crippen LogP contribution in [0.5, 0.6) is 17.2 Å². The Morgan fingerprint density at radius 2 is 1.53 bits per heavy atom. The second-order valence-corrected chi connectivity index (χ2v) is 6.19. The number of carbonyl (C=O) groups is 1. The SMILES string of the molecule is O=C1OC(c2ccc(Oc3ccccc3)cc2)=N/C1=C/c1ccccc1OC(F)F. The zero-order valence-electron chi connectivity index (χ0n) is 15.5. The summed E-state index contributed by atoms with van der Waals surface area (Å²) in [5.74, 6) is 0.693. The van der Waals surface area contributed by atoms with Crippen molar-refractivity contribution in [3.8, 4) is 17.2 Å². The van der Waals surface area contributed by atoms with Crippen LogP contribution in [0.25, 0.3) is 6.08 Å². The fourth-order valence-electron chi connectivity index (χ4n) is 2.77. The third-order valence-electron chi connectivity index (χ3n) is 4.13. The van der Waals surface area contributed by atoms with Gasteiger partial charge in [-0.3, -0.25) is 0 Å². The van der Waals surface area contributed by atoms with Gasteiger partial charge in [0.15, 0.2) is 5.70 Å². The van der Waals surface area contributed by atoms with Crippen LogP contribution in [0.1, 0.15) is 11.1 Å². The average Bonchev–Trinajstić information content (AvgIpc) is 3.11. The van der Waals surface area contributed by atoms with Gasteiger partial charge in [0, 0.05) is 11.1 Å². The molecule has 7 heteroatoms. The number of para-hydroxylation sites is 2. The highest BCUT2D eigenvalue weighted by molar-refractivity contribution is 6.13. The number of rotatable bonds is 6. The number of carbonyl (C=O) groups excluding carboxylic acids is 1. The summed E-state index contributed by atoms with van der Waals surface area (Å²) in [7, 11) is 0. The van der Waals surface area contributed by atoms with Crippen molar-refractivity contribution >= 4 is 17.9 Å². The molecule has 3 aromatic carbocycles. The van der Waals surface area contributed by atoms with Crippen molar-refractivity contribution in [2.24, 2.45) is 4.99 Å². The number of ether oxygens (including phenoxy) is 3. The highest BCUT2D eigenvalue weighted by Crippen LogP contribution is 2.27. The van der Waals surface area contributed by atoms with E-state index in [1.54, 1.807) is 42.5 Å². The van der Waals surface area contributed by atoms with Gasteiger partial charge in [0.2, 0.25) is 5.90 Å². The Balaban J connectivity index is 1.55. The van der Waals surface area contributed by atoms with Crippen LogP contribution < -0.4 is 9.47 Å². The molecule has 1 heterocycles. The van der Waals surface area contributed by atoms with Crippen molar-refractivity contribution < 1.29 is 27.8 Å². The van der Waals surface area contributed by atoms with Crippen molar-refractivity contribution in [1.29, 1.82) is 0 Å². The lowest BCUT2D eigenvalue weighted by atomic mass is 10.1. The van der Waals surface area contributed by atoms with Gasteiger partial charge in [0.05, 0.1) is 0 Å². The first kappa shape index (κ1) is 19.3. The van der Waals surface area contributed by atoms with Crippen LogP contribution >= 0.6 is 0 Å². The molecule has 0 atom stereocenters. The summed E-state index contributed by atoms with van der Waals surface area (Å²) in [6, 6.07) is 22.3. The lowest BCUT2D eigenvalue weighted by molar-refractivity contribution is -0.129. The Kier molecular flexibility index (Phi) is 5.52. The number of benzene rings is 3. The Morgan fingerprint density at radius 1 is 0.867 bits per heavy atom. The van der Waals surface area contributed by atoms with Crippen molar-refractivity contribution in [3.05, 3.63) is 95.7 Å². The molecule has 3 aromatic rings. The molecule has 0 fully saturated rings. The number of halogens is 2. The largest absolute Gasteiger partial charge is 0.457 e. The van der Waals surface area contributed by atoms with Crippen LogP contribution in [-0.2, 0) is 9.53 Å². The molecule has 0 radical (unpaired) electrons. The standard InChI is InChI=1S/C23H15F2NO4/c24-23(25)29-20-9-5-4-6-16(20)14-19-22(27)30-21(26-19)15-10-12-18(13-11-15)28-17-7-2-1-3-8-17/h1-14,23H/b19-14+. The molecule has 5 nitrogen and oxygen atoms in total. The number of esters is 1. The molecule has 0 spiro atoms. The summed E-state index contributed by atoms with van der Waals surface area (Å²) in [6.45, 7) is -2.98. The first-order chi connectivity index (χ1) is 14.6. The van der Waals surface area contributed by atoms with E-state index in [1.165, 1.54) is 12.1 Å². The van der Waals surface area contributed by atoms with Crippen LogP contribution in [0, 0.1) is 0 Å². The number of nitrogens with zero attached hydrogens (tertiary/aromatic N) is 1. The number of alkyl halides is 2. The zero-order valence-corrected chi connectivity index (χ0v) is 15.5. The molecule has 0 saturated heterocycles. The van der Waals surface area contributed by atoms with Crippen LogP contribution in [0.4, 0.5) is 8.78 Å². The fraction of sp³-hybridized carbons (Fsp3) is 0.0435. The minimum atomic E-state index is -2.98. The van der Waals surface area contributed by atoms with E-state index < -0.39 is 12.6 Å². The maximum atomic E-state index is 12.6. The third kappa shape index (κ3) is 4.52. The van der Waals surface area contributed by atoms with Gasteiger partial charge >= 0.3 is 12.6 Å². The van der Waals surface area contributed by atoms with E-state index in [0.29, 0.717) is 22.6 Å². The smallest absolute Gasteiger partial charge is 0.387 e. The molecule has 0 amide bonds. The van der Waals surface area contributed by atoms with E-state index >= 15 is 0 Å². The van der Waals surface area contributed by atoms with E-state index in [-0.39, 0.29) is 17.3 Å². The molecule has 1 aliphatic heterocycles. The van der Waals surface area contributed by atoms with E-state index in [9.17, 15) is 13.6 Å². The van der Waals surface area contributed by atoms with Crippen molar-refractivity contribution in [1.82, 2.24) is 0 Å². The molecule has 0 unspecified atom stereocenters. The molecule has 1 aliphatic rings. The predicted molar refractivity (Wildman–Crippen MR) is 107 cm³/mol. The summed E-state index contributed by atoms with van der Waals surface area (Å²) in [5, 5.41) is 0. The monoisotopic (exact) mass is 407 g/mol. The first-order valence-electron chi connectivity index (χ1n) is 8.98. The normalized spacial score (nSPS) is 14.6. The van der Waals surface area contributed by atoms with Gasteiger partial charge < -0.3 is 14.2 Å². The number of hydrogen-bond donors (Lipinski definition) is 0. The van der Waals surface area contributed by atoms with E-state index in [1.807, 2.05) is 30.3 Å². The molecule has 0 saturated carbocycles. The molecule has 150 valence electrons. The highest BCUT2D eigenvalue weighted by Gasteiger charge is 2.24. The van der Waals surface area contributed by atoms with E-state index in [4.69, 9.17) is 9.47 Å². The maximum absolute atomic E-state index is 12.6. The van der Waals surface area contributed by atoms with Gasteiger partial charge in [-0.25, -0.2) is 9.79 Å². The average molecular weight is 407 g/mol. The molecule has 0 aliphatic carbocycles. The summed E-state index contributed by atoms with van der Waals surface area (Å²) >= 11 is 0. The molecule has 0 N–H and O–H groups in total. The maximum Gasteiger partial charge on any atom is 0.387 e. The van der Waals surface area contributed by atoms with Crippen molar-refractivity contribution in [3.63, 3.8) is 0 Å². The van der Waals surface area contributed by atoms with Gasteiger partial charge in [0.25, 0.3) is 0 Å². The molecule has 0 aromatic heterocycles. The predicted octanol–water partition coefficient (Wildman–Crippen LogP) is 5.42. The molecular formula is C23H15F2NO4. The van der Waals surface area contributed by atoms with E-state index in [2.05, 4.69) is 9.73 Å². The van der Waals surface area contributed by atoms with Gasteiger partial charge in [-0.15, -0.1) is 0 Å². The number of hydrogen-bond acceptors (Lipinski definition) is 5. The molecule has 30 heavy (non-hydrogen) atoms. The van der Waals surface area contributed by atoms with Gasteiger partial charge in [-0.2, -0.15) is 8.78 Å². The van der Waals surface area contributed by atoms with Crippen LogP contribution in [0.15, 0.2) is 89.6 Å². The van der Waals surface area contributed by atoms with Crippen molar-refractivity contribution in [2.75, 3.05) is 0 Å². The quantitative estimate of drug-likeness (QED) is 0.404. The summed E-state index contributed by atoms with van der Waals surface area (Å²) < 4.78 is 40.6. The van der Waals surface area contributed by atoms with Crippen molar-refractivity contribution in [2.45, 2.75) is 6.61 Å². The summed E-state index contributed by atoms with van der Waals surface area (Å²) in [6.07, 6.45) is 1.35. The minimum Gasteiger partial charge on any atom is -0.457 e. The van der Waals surface area contributed by atoms with Crippen LogP contribution in [0.3, 0.4) is 0 Å². The number of cyclic esters (lactones) is 1. The minimum absolute atomic E-state index is 0.0140. The van der Waals surface area contributed by atoms with E-state index in [0.717, 1.165) is 0 Å². The van der Waals surface area contributed by atoms with Crippen LogP contribution in [0.2, 0.25) is 0 Å². The Morgan fingerprint density at radius 3 is 2.27 bits per heavy atom. The topological polar surface area (TPSA) is 57.1 Å². The Hall–Kier alpha value is -4.00. The fourth-order valence-corrected chi connectivity index (χ4v) is 2.77. The first-order valence-corrected chi connectivity index (χ1v) is 8.98. The molecular weight excluding hydrogens is 392 g/mol. The highest BCUT2D eigenvalue weighted by atomic mass is 19.3. The number of aliphatic imine (C=N–C) groups is 1. The van der Waals surface area contributed by atoms with Gasteiger partial charge in [-0.1, -0.05) is 36.4 Å². The zero-order chi connectivity index (χ0) is 20.9. The molecule has 4 rings (SSSR count).